The Kier molecular flexibility index (Phi) is 6.10. The van der Waals surface area contributed by atoms with E-state index in [1.165, 1.54) is 12.1 Å². The number of hydrogen-bond acceptors (Lipinski definition) is 6. The number of thioether (sulfide) groups is 1. The van der Waals surface area contributed by atoms with E-state index in [4.69, 9.17) is 4.74 Å². The van der Waals surface area contributed by atoms with Crippen LogP contribution in [0.25, 0.3) is 6.08 Å². The van der Waals surface area contributed by atoms with Crippen molar-refractivity contribution in [1.29, 1.82) is 0 Å². The van der Waals surface area contributed by atoms with Gasteiger partial charge in [-0.25, -0.2) is 0 Å². The molecule has 2 aromatic rings. The monoisotopic (exact) mass is 398 g/mol. The second kappa shape index (κ2) is 8.71. The molecule has 28 heavy (non-hydrogen) atoms. The Balaban J connectivity index is 1.70. The molecule has 0 aliphatic carbocycles. The van der Waals surface area contributed by atoms with Crippen molar-refractivity contribution in [2.24, 2.45) is 0 Å². The molecule has 1 fully saturated rings. The summed E-state index contributed by atoms with van der Waals surface area (Å²) in [5.41, 5.74) is 1.40. The molecule has 0 unspecified atom stereocenters. The summed E-state index contributed by atoms with van der Waals surface area (Å²) in [6.07, 6.45) is 2.59. The van der Waals surface area contributed by atoms with Gasteiger partial charge in [0.1, 0.15) is 5.75 Å². The number of imide groups is 1. The lowest BCUT2D eigenvalue weighted by Gasteiger charge is -2.12. The fraction of sp³-hybridized carbons (Fsp3) is 0.200. The molecule has 2 aromatic carbocycles. The molecule has 7 nitrogen and oxygen atoms in total. The first-order valence-electron chi connectivity index (χ1n) is 8.69. The third-order valence-electron chi connectivity index (χ3n) is 4.01. The van der Waals surface area contributed by atoms with Crippen LogP contribution in [0, 0.1) is 10.1 Å². The number of benzene rings is 2. The van der Waals surface area contributed by atoms with E-state index in [0.29, 0.717) is 17.1 Å². The van der Waals surface area contributed by atoms with Gasteiger partial charge in [-0.3, -0.25) is 24.6 Å². The fourth-order valence-electron chi connectivity index (χ4n) is 2.57. The van der Waals surface area contributed by atoms with E-state index in [-0.39, 0.29) is 23.4 Å². The second-order valence-electron chi connectivity index (χ2n) is 6.11. The minimum Gasteiger partial charge on any atom is -0.494 e. The summed E-state index contributed by atoms with van der Waals surface area (Å²) in [6.45, 7) is 2.74. The van der Waals surface area contributed by atoms with Gasteiger partial charge in [0.05, 0.1) is 23.0 Å². The highest BCUT2D eigenvalue weighted by Crippen LogP contribution is 2.33. The largest absolute Gasteiger partial charge is 0.494 e. The van der Waals surface area contributed by atoms with Crippen molar-refractivity contribution >= 4 is 34.7 Å². The number of carbonyl (C=O) groups is 2. The molecule has 2 amide bonds. The molecule has 0 N–H and O–H groups in total. The molecule has 1 aliphatic heterocycles. The van der Waals surface area contributed by atoms with Gasteiger partial charge in [0.2, 0.25) is 0 Å². The van der Waals surface area contributed by atoms with Gasteiger partial charge in [0, 0.05) is 12.1 Å². The molecule has 0 saturated carbocycles. The van der Waals surface area contributed by atoms with E-state index in [9.17, 15) is 19.7 Å². The number of nitro benzene ring substituents is 1. The first kappa shape index (κ1) is 19.6. The van der Waals surface area contributed by atoms with Gasteiger partial charge in [-0.15, -0.1) is 0 Å². The van der Waals surface area contributed by atoms with Crippen molar-refractivity contribution in [1.82, 2.24) is 4.90 Å². The van der Waals surface area contributed by atoms with Crippen molar-refractivity contribution in [2.45, 2.75) is 19.9 Å². The Morgan fingerprint density at radius 3 is 2.39 bits per heavy atom. The number of hydrogen-bond donors (Lipinski definition) is 0. The van der Waals surface area contributed by atoms with Crippen LogP contribution >= 0.6 is 11.8 Å². The van der Waals surface area contributed by atoms with Crippen LogP contribution in [-0.4, -0.2) is 27.6 Å². The van der Waals surface area contributed by atoms with Crippen LogP contribution in [0.5, 0.6) is 5.75 Å². The number of carbonyl (C=O) groups excluding carboxylic acids is 2. The summed E-state index contributed by atoms with van der Waals surface area (Å²) >= 11 is 0.881. The Morgan fingerprint density at radius 2 is 1.79 bits per heavy atom. The van der Waals surface area contributed by atoms with E-state index in [2.05, 4.69) is 0 Å². The Labute approximate surface area is 166 Å². The predicted octanol–water partition coefficient (Wildman–Crippen LogP) is 4.62. The third-order valence-corrected chi connectivity index (χ3v) is 4.92. The van der Waals surface area contributed by atoms with Gasteiger partial charge in [-0.05, 0) is 47.5 Å². The molecule has 144 valence electrons. The number of ether oxygens (including phenoxy) is 1. The fourth-order valence-corrected chi connectivity index (χ4v) is 3.41. The molecular formula is C20H18N2O5S. The molecule has 0 radical (unpaired) electrons. The van der Waals surface area contributed by atoms with Crippen LogP contribution in [0.4, 0.5) is 10.5 Å². The van der Waals surface area contributed by atoms with Crippen LogP contribution in [0.1, 0.15) is 24.5 Å². The Morgan fingerprint density at radius 1 is 1.11 bits per heavy atom. The highest BCUT2D eigenvalue weighted by Gasteiger charge is 2.35. The molecule has 3 rings (SSSR count). The van der Waals surface area contributed by atoms with Crippen molar-refractivity contribution in [2.75, 3.05) is 6.61 Å². The Bertz CT molecular complexity index is 923. The van der Waals surface area contributed by atoms with Crippen molar-refractivity contribution in [3.05, 3.63) is 74.7 Å². The number of amides is 2. The maximum Gasteiger partial charge on any atom is 0.293 e. The lowest BCUT2D eigenvalue weighted by molar-refractivity contribution is -0.384. The topological polar surface area (TPSA) is 89.8 Å². The maximum absolute atomic E-state index is 12.6. The van der Waals surface area contributed by atoms with Gasteiger partial charge in [0.15, 0.2) is 0 Å². The highest BCUT2D eigenvalue weighted by atomic mass is 32.2. The van der Waals surface area contributed by atoms with Gasteiger partial charge < -0.3 is 4.74 Å². The van der Waals surface area contributed by atoms with Gasteiger partial charge in [0.25, 0.3) is 16.8 Å². The van der Waals surface area contributed by atoms with Crippen molar-refractivity contribution in [3.8, 4) is 5.75 Å². The average Bonchev–Trinajstić information content (AvgIpc) is 2.95. The third kappa shape index (κ3) is 4.58. The number of non-ortho nitro benzene ring substituents is 1. The summed E-state index contributed by atoms with van der Waals surface area (Å²) in [5, 5.41) is 10.4. The smallest absolute Gasteiger partial charge is 0.293 e. The minimum absolute atomic E-state index is 0.0378. The zero-order valence-corrected chi connectivity index (χ0v) is 16.0. The lowest BCUT2D eigenvalue weighted by Crippen LogP contribution is -2.27. The van der Waals surface area contributed by atoms with Crippen LogP contribution in [0.2, 0.25) is 0 Å². The van der Waals surface area contributed by atoms with Gasteiger partial charge in [-0.1, -0.05) is 31.2 Å². The van der Waals surface area contributed by atoms with E-state index < -0.39 is 4.92 Å². The van der Waals surface area contributed by atoms with Crippen LogP contribution in [0.15, 0.2) is 53.4 Å². The second-order valence-corrected chi connectivity index (χ2v) is 7.10. The summed E-state index contributed by atoms with van der Waals surface area (Å²) < 4.78 is 5.53. The van der Waals surface area contributed by atoms with E-state index in [1.54, 1.807) is 18.2 Å². The normalized spacial score (nSPS) is 15.3. The van der Waals surface area contributed by atoms with Gasteiger partial charge in [-0.2, -0.15) is 0 Å². The molecule has 0 atom stereocenters. The quantitative estimate of drug-likeness (QED) is 0.384. The van der Waals surface area contributed by atoms with Crippen molar-refractivity contribution in [3.63, 3.8) is 0 Å². The summed E-state index contributed by atoms with van der Waals surface area (Å²) in [4.78, 5) is 36.5. The predicted molar refractivity (Wildman–Crippen MR) is 107 cm³/mol. The molecule has 0 aromatic heterocycles. The van der Waals surface area contributed by atoms with Crippen LogP contribution in [0.3, 0.4) is 0 Å². The molecule has 0 bridgehead atoms. The molecule has 1 aliphatic rings. The minimum atomic E-state index is -0.495. The summed E-state index contributed by atoms with van der Waals surface area (Å²) in [5.74, 6) is 0.380. The summed E-state index contributed by atoms with van der Waals surface area (Å²) in [6, 6.07) is 13.1. The number of rotatable bonds is 7. The van der Waals surface area contributed by atoms with E-state index in [0.717, 1.165) is 34.4 Å². The summed E-state index contributed by atoms with van der Waals surface area (Å²) in [7, 11) is 0. The molecule has 0 spiro atoms. The zero-order valence-electron chi connectivity index (χ0n) is 15.2. The first-order chi connectivity index (χ1) is 13.5. The average molecular weight is 398 g/mol. The molecule has 8 heteroatoms. The zero-order chi connectivity index (χ0) is 20.1. The lowest BCUT2D eigenvalue weighted by atomic mass is 10.2. The first-order valence-corrected chi connectivity index (χ1v) is 9.51. The Hall–Kier alpha value is -3.13. The van der Waals surface area contributed by atoms with Gasteiger partial charge >= 0.3 is 0 Å². The maximum atomic E-state index is 12.6. The molecule has 1 heterocycles. The highest BCUT2D eigenvalue weighted by molar-refractivity contribution is 8.18. The van der Waals surface area contributed by atoms with Crippen molar-refractivity contribution < 1.29 is 19.2 Å². The molecule has 1 saturated heterocycles. The standard InChI is InChI=1S/C20H18N2O5S/c1-2-11-27-17-9-5-14(6-10-17)12-18-19(23)21(20(24)28-18)13-15-3-7-16(8-4-15)22(25)26/h3-10,12H,2,11,13H2,1H3/b18-12-. The number of nitro groups is 1. The van der Waals surface area contributed by atoms with E-state index in [1.807, 2.05) is 31.2 Å². The van der Waals surface area contributed by atoms with E-state index >= 15 is 0 Å². The van der Waals surface area contributed by atoms with Crippen LogP contribution < -0.4 is 4.74 Å². The molecular weight excluding hydrogens is 380 g/mol. The number of nitrogens with zero attached hydrogens (tertiary/aromatic N) is 2. The van der Waals surface area contributed by atoms with Crippen LogP contribution in [-0.2, 0) is 11.3 Å². The SMILES string of the molecule is CCCOc1ccc(/C=C2\SC(=O)N(Cc3ccc([N+](=O)[O-])cc3)C2=O)cc1.